The monoisotopic (exact) mass is 526 g/mol. The normalized spacial score (nSPS) is 19.2. The van der Waals surface area contributed by atoms with E-state index in [9.17, 15) is 14.4 Å². The van der Waals surface area contributed by atoms with Gasteiger partial charge in [-0.1, -0.05) is 31.4 Å². The average Bonchev–Trinajstić information content (AvgIpc) is 2.84. The molecule has 2 fully saturated rings. The van der Waals surface area contributed by atoms with Crippen molar-refractivity contribution < 1.29 is 14.3 Å². The second-order valence-corrected chi connectivity index (χ2v) is 11.4. The third kappa shape index (κ3) is 6.39. The first-order chi connectivity index (χ1) is 18.1. The van der Waals surface area contributed by atoms with Crippen molar-refractivity contribution in [2.75, 3.05) is 25.0 Å². The maximum atomic E-state index is 13.8. The highest BCUT2D eigenvalue weighted by molar-refractivity contribution is 5.76. The molecule has 0 radical (unpaired) electrons. The number of carbonyl (C=O) groups is 2. The Morgan fingerprint density at radius 2 is 1.76 bits per heavy atom. The molecule has 0 unspecified atom stereocenters. The fraction of sp³-hybridized carbons (Fsp3) is 0.643. The molecule has 10 nitrogen and oxygen atoms in total. The van der Waals surface area contributed by atoms with E-state index < -0.39 is 5.60 Å². The molecule has 1 saturated heterocycles. The molecule has 0 spiro atoms. The van der Waals surface area contributed by atoms with Gasteiger partial charge < -0.3 is 25.2 Å². The largest absolute Gasteiger partial charge is 0.444 e. The van der Waals surface area contributed by atoms with Gasteiger partial charge in [-0.2, -0.15) is 0 Å². The van der Waals surface area contributed by atoms with Crippen LogP contribution in [0.15, 0.2) is 23.0 Å². The minimum Gasteiger partial charge on any atom is -0.444 e. The molecule has 1 aromatic rings. The van der Waals surface area contributed by atoms with Crippen molar-refractivity contribution in [2.45, 2.75) is 97.4 Å². The molecule has 3 aliphatic rings. The highest BCUT2D eigenvalue weighted by Gasteiger charge is 2.36. The van der Waals surface area contributed by atoms with E-state index in [1.54, 1.807) is 14.4 Å². The molecule has 0 aromatic carbocycles. The lowest BCUT2D eigenvalue weighted by Gasteiger charge is -2.41. The van der Waals surface area contributed by atoms with Gasteiger partial charge in [0.1, 0.15) is 5.60 Å². The van der Waals surface area contributed by atoms with Gasteiger partial charge in [0, 0.05) is 37.8 Å². The molecule has 2 aliphatic heterocycles. The van der Waals surface area contributed by atoms with Crippen LogP contribution in [0.1, 0.15) is 78.0 Å². The summed E-state index contributed by atoms with van der Waals surface area (Å²) in [5, 5.41) is 6.55. The summed E-state index contributed by atoms with van der Waals surface area (Å²) in [5.74, 6) is 0.585. The molecule has 4 rings (SSSR count). The van der Waals surface area contributed by atoms with Crippen LogP contribution in [0.5, 0.6) is 0 Å². The van der Waals surface area contributed by atoms with Crippen molar-refractivity contribution in [2.24, 2.45) is 0 Å². The van der Waals surface area contributed by atoms with E-state index in [0.717, 1.165) is 24.2 Å². The quantitative estimate of drug-likeness (QED) is 0.559. The van der Waals surface area contributed by atoms with Crippen molar-refractivity contribution in [3.8, 4) is 0 Å². The number of allylic oxidation sites excluding steroid dienone is 4. The number of aromatic nitrogens is 2. The Labute approximate surface area is 225 Å². The van der Waals surface area contributed by atoms with Gasteiger partial charge >= 0.3 is 12.1 Å². The third-order valence-electron chi connectivity index (χ3n) is 7.21. The Bertz CT molecular complexity index is 1150. The highest BCUT2D eigenvalue weighted by atomic mass is 16.6. The zero-order valence-corrected chi connectivity index (χ0v) is 23.4. The van der Waals surface area contributed by atoms with Gasteiger partial charge in [-0.25, -0.2) is 19.1 Å². The molecule has 208 valence electrons. The van der Waals surface area contributed by atoms with Crippen molar-refractivity contribution in [3.63, 3.8) is 0 Å². The highest BCUT2D eigenvalue weighted by Crippen LogP contribution is 2.24. The molecule has 0 bridgehead atoms. The molecule has 10 heteroatoms. The summed E-state index contributed by atoms with van der Waals surface area (Å²) in [6.45, 7) is 10.8. The molecular weight excluding hydrogens is 484 g/mol. The molecule has 1 saturated carbocycles. The minimum absolute atomic E-state index is 0.141. The van der Waals surface area contributed by atoms with E-state index in [4.69, 9.17) is 9.72 Å². The lowest BCUT2D eigenvalue weighted by atomic mass is 9.96. The summed E-state index contributed by atoms with van der Waals surface area (Å²) in [4.78, 5) is 47.2. The zero-order valence-electron chi connectivity index (χ0n) is 23.4. The molecule has 1 aliphatic carbocycles. The van der Waals surface area contributed by atoms with Gasteiger partial charge in [-0.05, 0) is 53.5 Å². The van der Waals surface area contributed by atoms with Crippen LogP contribution in [0.25, 0.3) is 5.70 Å². The summed E-state index contributed by atoms with van der Waals surface area (Å²) in [6.07, 6.45) is 11.6. The van der Waals surface area contributed by atoms with Gasteiger partial charge in [0.2, 0.25) is 5.95 Å². The van der Waals surface area contributed by atoms with E-state index in [2.05, 4.69) is 10.6 Å². The maximum absolute atomic E-state index is 13.8. The van der Waals surface area contributed by atoms with Crippen LogP contribution >= 0.6 is 0 Å². The second kappa shape index (κ2) is 11.6. The number of urea groups is 1. The molecular formula is C28H42N6O4. The number of likely N-dealkylation sites (tertiary alicyclic amines) is 1. The number of ether oxygens (including phenoxy) is 1. The zero-order chi connectivity index (χ0) is 27.4. The molecule has 1 aromatic heterocycles. The number of rotatable bonds is 5. The Hall–Kier alpha value is -3.30. The first-order valence-electron chi connectivity index (χ1n) is 13.8. The number of anilines is 1. The smallest absolute Gasteiger partial charge is 0.410 e. The maximum Gasteiger partial charge on any atom is 0.410 e. The van der Waals surface area contributed by atoms with Crippen molar-refractivity contribution in [1.29, 1.82) is 0 Å². The first kappa shape index (κ1) is 27.7. The standard InChI is InChI=1S/C28H42N6O4/c1-6-11-21(7-2)34-24(35)22-18-32(15-14-23(22)31-25(34)29-19-12-9-8-10-13-19)26(36)30-20-16-33(17-20)27(37)38-28(3,4)5/h6-7,11,19-20H,8-10,12-18H2,1-5H3,(H,29,31)(H,30,36)/b11-6-,21-7+. The lowest BCUT2D eigenvalue weighted by Crippen LogP contribution is -2.63. The minimum atomic E-state index is -0.556. The van der Waals surface area contributed by atoms with Gasteiger partial charge in [0.25, 0.3) is 5.56 Å². The number of fused-ring (bicyclic) bond motifs is 1. The summed E-state index contributed by atoms with van der Waals surface area (Å²) >= 11 is 0. The number of amides is 3. The van der Waals surface area contributed by atoms with E-state index in [0.29, 0.717) is 43.6 Å². The number of hydrogen-bond acceptors (Lipinski definition) is 6. The fourth-order valence-corrected chi connectivity index (χ4v) is 5.20. The van der Waals surface area contributed by atoms with Crippen LogP contribution in [0.4, 0.5) is 15.5 Å². The van der Waals surface area contributed by atoms with Crippen LogP contribution in [-0.4, -0.2) is 68.8 Å². The lowest BCUT2D eigenvalue weighted by molar-refractivity contribution is 0.00578. The van der Waals surface area contributed by atoms with Gasteiger partial charge in [-0.3, -0.25) is 4.79 Å². The molecule has 2 N–H and O–H groups in total. The SMILES string of the molecule is C/C=C\C(=C/C)n1c(NC2CCCCC2)nc2c(c1=O)CN(C(=O)NC1CN(C(=O)OC(C)(C)C)C1)CC2. The summed E-state index contributed by atoms with van der Waals surface area (Å²) < 4.78 is 7.04. The fourth-order valence-electron chi connectivity index (χ4n) is 5.20. The van der Waals surface area contributed by atoms with E-state index >= 15 is 0 Å². The number of nitrogens with one attached hydrogen (secondary N) is 2. The van der Waals surface area contributed by atoms with Gasteiger partial charge in [-0.15, -0.1) is 0 Å². The number of carbonyl (C=O) groups excluding carboxylic acids is 2. The van der Waals surface area contributed by atoms with Gasteiger partial charge in [0.05, 0.1) is 23.8 Å². The van der Waals surface area contributed by atoms with Crippen LogP contribution in [0.3, 0.4) is 0 Å². The van der Waals surface area contributed by atoms with Gasteiger partial charge in [0.15, 0.2) is 0 Å². The topological polar surface area (TPSA) is 109 Å². The van der Waals surface area contributed by atoms with Crippen molar-refractivity contribution in [1.82, 2.24) is 24.7 Å². The van der Waals surface area contributed by atoms with E-state index in [-0.39, 0.29) is 30.3 Å². The molecule has 0 atom stereocenters. The number of hydrogen-bond donors (Lipinski definition) is 2. The Kier molecular flexibility index (Phi) is 8.47. The van der Waals surface area contributed by atoms with E-state index in [1.807, 2.05) is 52.8 Å². The van der Waals surface area contributed by atoms with Crippen molar-refractivity contribution in [3.05, 3.63) is 39.8 Å². The molecule has 38 heavy (non-hydrogen) atoms. The summed E-state index contributed by atoms with van der Waals surface area (Å²) in [7, 11) is 0. The summed E-state index contributed by atoms with van der Waals surface area (Å²) in [6, 6.07) is -0.0746. The predicted octanol–water partition coefficient (Wildman–Crippen LogP) is 4.11. The molecule has 3 heterocycles. The second-order valence-electron chi connectivity index (χ2n) is 11.4. The number of nitrogens with zero attached hydrogens (tertiary/aromatic N) is 4. The Balaban J connectivity index is 1.47. The molecule has 3 amide bonds. The van der Waals surface area contributed by atoms with Crippen LogP contribution in [-0.2, 0) is 17.7 Å². The predicted molar refractivity (Wildman–Crippen MR) is 148 cm³/mol. The first-order valence-corrected chi connectivity index (χ1v) is 13.8. The van der Waals surface area contributed by atoms with E-state index in [1.165, 1.54) is 19.3 Å². The third-order valence-corrected chi connectivity index (χ3v) is 7.21. The Morgan fingerprint density at radius 1 is 1.05 bits per heavy atom. The van der Waals surface area contributed by atoms with Crippen LogP contribution < -0.4 is 16.2 Å². The van der Waals surface area contributed by atoms with Crippen molar-refractivity contribution >= 4 is 23.8 Å². The average molecular weight is 527 g/mol. The Morgan fingerprint density at radius 3 is 2.39 bits per heavy atom. The van der Waals surface area contributed by atoms with Crippen LogP contribution in [0.2, 0.25) is 0 Å². The van der Waals surface area contributed by atoms with Crippen LogP contribution in [0, 0.1) is 0 Å². The summed E-state index contributed by atoms with van der Waals surface area (Å²) in [5.41, 5.74) is 1.36.